The number of carbonyl (C=O) groups is 1. The number of nitrogens with zero attached hydrogens (tertiary/aromatic N) is 1. The van der Waals surface area contributed by atoms with Gasteiger partial charge in [0.25, 0.3) is 0 Å². The van der Waals surface area contributed by atoms with Crippen molar-refractivity contribution in [2.45, 2.75) is 96.8 Å². The van der Waals surface area contributed by atoms with Gasteiger partial charge in [-0.2, -0.15) is 0 Å². The van der Waals surface area contributed by atoms with Crippen molar-refractivity contribution in [2.75, 3.05) is 39.5 Å². The maximum Gasteiger partial charge on any atom is 0.631 e. The maximum atomic E-state index is 10.3. The third-order valence-corrected chi connectivity index (χ3v) is 4.90. The second-order valence-corrected chi connectivity index (χ2v) is 8.09. The number of hydrogen-bond acceptors (Lipinski definition) is 8. The lowest BCUT2D eigenvalue weighted by Gasteiger charge is -2.17. The van der Waals surface area contributed by atoms with Crippen molar-refractivity contribution in [1.82, 2.24) is 4.90 Å². The fourth-order valence-electron chi connectivity index (χ4n) is 3.11. The van der Waals surface area contributed by atoms with Gasteiger partial charge in [0.05, 0.1) is 19.8 Å². The molecule has 0 aromatic carbocycles. The SMILES string of the molecule is CCCCCCCCC=CCCCCCCCC(=O)O.OB(O)O.OCCN(CCO)CCO. The zero-order valence-electron chi connectivity index (χ0n) is 21.4. The number of allylic oxidation sites excluding steroid dienone is 2. The number of hydrogen-bond donors (Lipinski definition) is 7. The van der Waals surface area contributed by atoms with Crippen molar-refractivity contribution >= 4 is 13.3 Å². The summed E-state index contributed by atoms with van der Waals surface area (Å²) in [7, 11) is -2.17. The first-order valence-electron chi connectivity index (χ1n) is 12.8. The Morgan fingerprint density at radius 2 is 1.03 bits per heavy atom. The van der Waals surface area contributed by atoms with Crippen molar-refractivity contribution in [3.8, 4) is 0 Å². The number of aliphatic hydroxyl groups is 3. The molecular formula is C24H52BNO8. The van der Waals surface area contributed by atoms with E-state index in [2.05, 4.69) is 19.1 Å². The first-order chi connectivity index (χ1) is 16.3. The Morgan fingerprint density at radius 1 is 0.676 bits per heavy atom. The fourth-order valence-corrected chi connectivity index (χ4v) is 3.11. The Morgan fingerprint density at radius 3 is 1.38 bits per heavy atom. The summed E-state index contributed by atoms with van der Waals surface area (Å²) in [6.07, 6.45) is 21.2. The van der Waals surface area contributed by atoms with Crippen LogP contribution in [0.25, 0.3) is 0 Å². The van der Waals surface area contributed by atoms with Gasteiger partial charge in [-0.05, 0) is 32.1 Å². The van der Waals surface area contributed by atoms with Crippen LogP contribution in [0.5, 0.6) is 0 Å². The first-order valence-corrected chi connectivity index (χ1v) is 12.8. The topological polar surface area (TPSA) is 162 Å². The van der Waals surface area contributed by atoms with Crippen molar-refractivity contribution in [1.29, 1.82) is 0 Å². The summed E-state index contributed by atoms with van der Waals surface area (Å²) in [4.78, 5) is 12.1. The minimum atomic E-state index is -2.17. The van der Waals surface area contributed by atoms with Gasteiger partial charge in [0.1, 0.15) is 0 Å². The molecule has 0 unspecified atom stereocenters. The van der Waals surface area contributed by atoms with E-state index in [1.165, 1.54) is 70.6 Å². The molecule has 9 nitrogen and oxygen atoms in total. The molecule has 0 radical (unpaired) electrons. The molecule has 0 spiro atoms. The Labute approximate surface area is 207 Å². The van der Waals surface area contributed by atoms with E-state index in [1.54, 1.807) is 4.90 Å². The quantitative estimate of drug-likeness (QED) is 0.0723. The molecule has 0 aromatic rings. The molecule has 34 heavy (non-hydrogen) atoms. The number of aliphatic carboxylic acids is 1. The van der Waals surface area contributed by atoms with Gasteiger partial charge in [0, 0.05) is 26.1 Å². The van der Waals surface area contributed by atoms with Gasteiger partial charge in [0.2, 0.25) is 0 Å². The van der Waals surface area contributed by atoms with Gasteiger partial charge in [-0.15, -0.1) is 0 Å². The van der Waals surface area contributed by atoms with Crippen LogP contribution in [0.15, 0.2) is 12.2 Å². The zero-order valence-corrected chi connectivity index (χ0v) is 21.4. The molecule has 0 saturated carbocycles. The number of unbranched alkanes of at least 4 members (excludes halogenated alkanes) is 11. The molecule has 0 amide bonds. The Balaban J connectivity index is -0.000000568. The monoisotopic (exact) mass is 493 g/mol. The number of rotatable bonds is 21. The summed E-state index contributed by atoms with van der Waals surface area (Å²) in [6.45, 7) is 4.01. The van der Waals surface area contributed by atoms with E-state index >= 15 is 0 Å². The van der Waals surface area contributed by atoms with E-state index in [9.17, 15) is 4.79 Å². The van der Waals surface area contributed by atoms with E-state index in [1.807, 2.05) is 0 Å². The van der Waals surface area contributed by atoms with Crippen molar-refractivity contribution in [3.05, 3.63) is 12.2 Å². The molecule has 10 heteroatoms. The summed E-state index contributed by atoms with van der Waals surface area (Å²) in [5.74, 6) is -0.664. The highest BCUT2D eigenvalue weighted by Crippen LogP contribution is 2.09. The molecule has 0 fully saturated rings. The Kier molecular flexibility index (Phi) is 37.7. The highest BCUT2D eigenvalue weighted by molar-refractivity contribution is 6.30. The van der Waals surface area contributed by atoms with Crippen LogP contribution in [0, 0.1) is 0 Å². The second-order valence-electron chi connectivity index (χ2n) is 8.09. The number of aliphatic hydroxyl groups excluding tert-OH is 3. The molecule has 7 N–H and O–H groups in total. The molecule has 0 saturated heterocycles. The lowest BCUT2D eigenvalue weighted by Crippen LogP contribution is -2.32. The average molecular weight is 493 g/mol. The van der Waals surface area contributed by atoms with Crippen LogP contribution >= 0.6 is 0 Å². The Bertz CT molecular complexity index is 397. The third kappa shape index (κ3) is 44.6. The van der Waals surface area contributed by atoms with Gasteiger partial charge in [-0.3, -0.25) is 9.69 Å². The van der Waals surface area contributed by atoms with Crippen LogP contribution in [-0.2, 0) is 4.79 Å². The first kappa shape index (κ1) is 37.5. The standard InChI is InChI=1S/C18H34O2.C6H15NO3.BH3O3/c1-2-3-4-5-6-7-8-9-10-11-12-13-14-15-16-17-18(19)20;8-4-1-7(2-5-9)3-6-10;2-1(3)4/h9-10H,2-8,11-17H2,1H3,(H,19,20);8-10H,1-6H2;2-4H. The van der Waals surface area contributed by atoms with Gasteiger partial charge < -0.3 is 35.5 Å². The highest BCUT2D eigenvalue weighted by Gasteiger charge is 2.00. The summed E-state index contributed by atoms with van der Waals surface area (Å²) in [5, 5.41) is 55.5. The summed E-state index contributed by atoms with van der Waals surface area (Å²) >= 11 is 0. The summed E-state index contributed by atoms with van der Waals surface area (Å²) in [6, 6.07) is 0. The molecule has 0 bridgehead atoms. The number of carboxylic acid groups (broad SMARTS) is 1. The van der Waals surface area contributed by atoms with Gasteiger partial charge in [-0.1, -0.05) is 70.4 Å². The lowest BCUT2D eigenvalue weighted by molar-refractivity contribution is -0.137. The van der Waals surface area contributed by atoms with Crippen LogP contribution in [0.3, 0.4) is 0 Å². The molecule has 204 valence electrons. The molecular weight excluding hydrogens is 441 g/mol. The van der Waals surface area contributed by atoms with Crippen molar-refractivity contribution in [3.63, 3.8) is 0 Å². The predicted molar refractivity (Wildman–Crippen MR) is 137 cm³/mol. The average Bonchev–Trinajstić information content (AvgIpc) is 2.77. The van der Waals surface area contributed by atoms with Gasteiger partial charge in [-0.25, -0.2) is 0 Å². The largest absolute Gasteiger partial charge is 0.631 e. The van der Waals surface area contributed by atoms with Crippen LogP contribution in [0.4, 0.5) is 0 Å². The van der Waals surface area contributed by atoms with Crippen LogP contribution in [0.2, 0.25) is 0 Å². The number of carboxylic acids is 1. The van der Waals surface area contributed by atoms with Crippen LogP contribution < -0.4 is 0 Å². The second kappa shape index (κ2) is 34.2. The van der Waals surface area contributed by atoms with Crippen LogP contribution in [0.1, 0.15) is 96.8 Å². The van der Waals surface area contributed by atoms with E-state index in [-0.39, 0.29) is 19.8 Å². The molecule has 0 atom stereocenters. The molecule has 0 rings (SSSR count). The van der Waals surface area contributed by atoms with Crippen molar-refractivity contribution in [2.24, 2.45) is 0 Å². The minimum absolute atomic E-state index is 0.0694. The lowest BCUT2D eigenvalue weighted by atomic mass is 10.1. The summed E-state index contributed by atoms with van der Waals surface area (Å²) < 4.78 is 0. The van der Waals surface area contributed by atoms with Gasteiger partial charge >= 0.3 is 13.3 Å². The summed E-state index contributed by atoms with van der Waals surface area (Å²) in [5.41, 5.74) is 0. The van der Waals surface area contributed by atoms with E-state index in [0.717, 1.165) is 12.8 Å². The smallest absolute Gasteiger partial charge is 0.481 e. The maximum absolute atomic E-state index is 10.3. The highest BCUT2D eigenvalue weighted by atomic mass is 16.5. The van der Waals surface area contributed by atoms with E-state index < -0.39 is 13.3 Å². The molecule has 0 aliphatic heterocycles. The van der Waals surface area contributed by atoms with E-state index in [0.29, 0.717) is 26.1 Å². The van der Waals surface area contributed by atoms with E-state index in [4.69, 9.17) is 35.5 Å². The fraction of sp³-hybridized carbons (Fsp3) is 0.875. The molecule has 0 aromatic heterocycles. The Hall–Kier alpha value is -1.01. The molecule has 0 heterocycles. The zero-order chi connectivity index (χ0) is 26.3. The van der Waals surface area contributed by atoms with Gasteiger partial charge in [0.15, 0.2) is 0 Å². The minimum Gasteiger partial charge on any atom is -0.481 e. The predicted octanol–water partition coefficient (Wildman–Crippen LogP) is 2.32. The third-order valence-electron chi connectivity index (χ3n) is 4.90. The van der Waals surface area contributed by atoms with Crippen LogP contribution in [-0.4, -0.2) is 93.1 Å². The normalized spacial score (nSPS) is 10.6. The molecule has 0 aliphatic carbocycles. The molecule has 0 aliphatic rings. The van der Waals surface area contributed by atoms with Crippen molar-refractivity contribution < 1.29 is 40.3 Å².